The molecule has 36 heavy (non-hydrogen) atoms. The van der Waals surface area contributed by atoms with E-state index in [1.807, 2.05) is 17.5 Å². The summed E-state index contributed by atoms with van der Waals surface area (Å²) >= 11 is 4.83. The minimum absolute atomic E-state index is 0.0276. The third-order valence-corrected chi connectivity index (χ3v) is 7.19. The van der Waals surface area contributed by atoms with Crippen molar-refractivity contribution in [2.75, 3.05) is 4.90 Å². The molecular formula is C27H17BrN2O5S. The van der Waals surface area contributed by atoms with Gasteiger partial charge in [0, 0.05) is 32.9 Å². The second kappa shape index (κ2) is 9.52. The molecule has 5 rings (SSSR count). The third kappa shape index (κ3) is 4.23. The lowest BCUT2D eigenvalue weighted by Crippen LogP contribution is -2.29. The summed E-state index contributed by atoms with van der Waals surface area (Å²) in [4.78, 5) is 43.7. The van der Waals surface area contributed by atoms with E-state index in [1.54, 1.807) is 48.7 Å². The highest BCUT2D eigenvalue weighted by atomic mass is 79.9. The zero-order valence-electron chi connectivity index (χ0n) is 18.5. The van der Waals surface area contributed by atoms with E-state index in [9.17, 15) is 24.6 Å². The lowest BCUT2D eigenvalue weighted by Gasteiger charge is -2.26. The molecule has 2 N–H and O–H groups in total. The summed E-state index contributed by atoms with van der Waals surface area (Å²) in [6.07, 6.45) is 1.70. The lowest BCUT2D eigenvalue weighted by molar-refractivity contribution is -0.132. The molecule has 0 radical (unpaired) electrons. The van der Waals surface area contributed by atoms with Gasteiger partial charge in [-0.25, -0.2) is 9.78 Å². The van der Waals surface area contributed by atoms with Crippen LogP contribution in [-0.2, 0) is 9.59 Å². The Labute approximate surface area is 218 Å². The van der Waals surface area contributed by atoms with E-state index < -0.39 is 23.7 Å². The summed E-state index contributed by atoms with van der Waals surface area (Å²) in [6, 6.07) is 18.8. The molecule has 0 bridgehead atoms. The van der Waals surface area contributed by atoms with Crippen molar-refractivity contribution in [3.05, 3.63) is 111 Å². The third-order valence-electron chi connectivity index (χ3n) is 5.84. The van der Waals surface area contributed by atoms with Crippen LogP contribution in [-0.4, -0.2) is 32.9 Å². The monoisotopic (exact) mass is 560 g/mol. The number of aromatic nitrogens is 1. The number of aliphatic hydroxyl groups excluding tert-OH is 1. The van der Waals surface area contributed by atoms with Crippen LogP contribution >= 0.6 is 27.3 Å². The SMILES string of the molecule is O=C1C(=O)N(c2cccc(C(=O)O)c2)C(c2ccc(-c3nccs3)cc2)/C1=C(\O)c1ccc(Br)cc1. The first-order chi connectivity index (χ1) is 17.3. The molecule has 7 nitrogen and oxygen atoms in total. The average molecular weight is 561 g/mol. The highest BCUT2D eigenvalue weighted by Crippen LogP contribution is 2.42. The number of carbonyl (C=O) groups excluding carboxylic acids is 2. The van der Waals surface area contributed by atoms with Crippen molar-refractivity contribution in [1.82, 2.24) is 4.98 Å². The Kier molecular flexibility index (Phi) is 6.26. The predicted octanol–water partition coefficient (Wildman–Crippen LogP) is 5.90. The van der Waals surface area contributed by atoms with E-state index in [2.05, 4.69) is 20.9 Å². The Morgan fingerprint density at radius 1 is 0.944 bits per heavy atom. The predicted molar refractivity (Wildman–Crippen MR) is 140 cm³/mol. The van der Waals surface area contributed by atoms with Crippen molar-refractivity contribution in [3.8, 4) is 10.6 Å². The van der Waals surface area contributed by atoms with Gasteiger partial charge in [0.15, 0.2) is 0 Å². The highest BCUT2D eigenvalue weighted by molar-refractivity contribution is 9.10. The zero-order valence-corrected chi connectivity index (χ0v) is 20.9. The number of carboxylic acids is 1. The molecule has 9 heteroatoms. The van der Waals surface area contributed by atoms with Gasteiger partial charge in [0.2, 0.25) is 0 Å². The van der Waals surface area contributed by atoms with E-state index >= 15 is 0 Å². The molecule has 1 aliphatic rings. The van der Waals surface area contributed by atoms with Crippen molar-refractivity contribution < 1.29 is 24.6 Å². The van der Waals surface area contributed by atoms with Crippen LogP contribution in [0.3, 0.4) is 0 Å². The number of carboxylic acid groups (broad SMARTS) is 1. The minimum Gasteiger partial charge on any atom is -0.507 e. The first-order valence-electron chi connectivity index (χ1n) is 10.8. The van der Waals surface area contributed by atoms with Crippen LogP contribution in [0.2, 0.25) is 0 Å². The van der Waals surface area contributed by atoms with Crippen LogP contribution in [0.5, 0.6) is 0 Å². The number of halogens is 1. The summed E-state index contributed by atoms with van der Waals surface area (Å²) in [5.41, 5.74) is 1.95. The van der Waals surface area contributed by atoms with E-state index in [1.165, 1.54) is 34.4 Å². The first-order valence-corrected chi connectivity index (χ1v) is 12.4. The lowest BCUT2D eigenvalue weighted by atomic mass is 9.94. The molecule has 1 aromatic heterocycles. The number of aliphatic hydroxyl groups is 1. The van der Waals surface area contributed by atoms with E-state index in [0.29, 0.717) is 11.1 Å². The number of anilines is 1. The first kappa shape index (κ1) is 23.7. The van der Waals surface area contributed by atoms with Gasteiger partial charge < -0.3 is 10.2 Å². The molecule has 1 fully saturated rings. The molecular weight excluding hydrogens is 544 g/mol. The summed E-state index contributed by atoms with van der Waals surface area (Å²) in [6.45, 7) is 0. The van der Waals surface area contributed by atoms with E-state index in [4.69, 9.17) is 0 Å². The maximum absolute atomic E-state index is 13.3. The van der Waals surface area contributed by atoms with Crippen molar-refractivity contribution in [2.24, 2.45) is 0 Å². The number of carbonyl (C=O) groups is 3. The van der Waals surface area contributed by atoms with Crippen LogP contribution < -0.4 is 4.90 Å². The number of Topliss-reactive ketones (excluding diaryl/α,β-unsaturated/α-hetero) is 1. The normalized spacial score (nSPS) is 16.9. The number of aromatic carboxylic acids is 1. The number of thiazole rings is 1. The largest absolute Gasteiger partial charge is 0.507 e. The smallest absolute Gasteiger partial charge is 0.335 e. The zero-order chi connectivity index (χ0) is 25.4. The number of ketones is 1. The second-order valence-electron chi connectivity index (χ2n) is 7.99. The van der Waals surface area contributed by atoms with Gasteiger partial charge in [-0.2, -0.15) is 0 Å². The van der Waals surface area contributed by atoms with Gasteiger partial charge in [0.05, 0.1) is 17.2 Å². The quantitative estimate of drug-likeness (QED) is 0.179. The molecule has 0 spiro atoms. The fraction of sp³-hybridized carbons (Fsp3) is 0.0370. The summed E-state index contributed by atoms with van der Waals surface area (Å²) < 4.78 is 0.791. The fourth-order valence-electron chi connectivity index (χ4n) is 4.14. The number of hydrogen-bond acceptors (Lipinski definition) is 6. The summed E-state index contributed by atoms with van der Waals surface area (Å²) in [7, 11) is 0. The van der Waals surface area contributed by atoms with Crippen LogP contribution in [0.1, 0.15) is 27.5 Å². The Balaban J connectivity index is 1.69. The van der Waals surface area contributed by atoms with Crippen LogP contribution in [0.4, 0.5) is 5.69 Å². The maximum atomic E-state index is 13.3. The van der Waals surface area contributed by atoms with Gasteiger partial charge in [-0.1, -0.05) is 58.4 Å². The Morgan fingerprint density at radius 2 is 1.67 bits per heavy atom. The van der Waals surface area contributed by atoms with Gasteiger partial charge >= 0.3 is 5.97 Å². The molecule has 1 saturated heterocycles. The number of hydrogen-bond donors (Lipinski definition) is 2. The molecule has 3 aromatic carbocycles. The van der Waals surface area contributed by atoms with Gasteiger partial charge in [-0.05, 0) is 35.9 Å². The van der Waals surface area contributed by atoms with Crippen LogP contribution in [0, 0.1) is 0 Å². The Morgan fingerprint density at radius 3 is 2.31 bits per heavy atom. The molecule has 0 aliphatic carbocycles. The molecule has 1 atom stereocenters. The Hall–Kier alpha value is -4.08. The molecule has 1 unspecified atom stereocenters. The topological polar surface area (TPSA) is 108 Å². The van der Waals surface area contributed by atoms with Crippen molar-refractivity contribution in [1.29, 1.82) is 0 Å². The van der Waals surface area contributed by atoms with Crippen molar-refractivity contribution in [3.63, 3.8) is 0 Å². The fourth-order valence-corrected chi connectivity index (χ4v) is 5.05. The van der Waals surface area contributed by atoms with Gasteiger partial charge in [-0.15, -0.1) is 11.3 Å². The number of amides is 1. The standard InChI is InChI=1S/C27H17BrN2O5S/c28-19-10-8-16(9-11-19)23(31)21-22(15-4-6-17(7-5-15)25-29-12-13-36-25)30(26(33)24(21)32)20-3-1-2-18(14-20)27(34)35/h1-14,22,31H,(H,34,35)/b23-21+. The van der Waals surface area contributed by atoms with Crippen LogP contribution in [0.25, 0.3) is 16.3 Å². The number of nitrogens with zero attached hydrogens (tertiary/aromatic N) is 2. The molecule has 0 saturated carbocycles. The molecule has 1 amide bonds. The molecule has 178 valence electrons. The minimum atomic E-state index is -1.16. The molecule has 2 heterocycles. The number of rotatable bonds is 5. The van der Waals surface area contributed by atoms with E-state index in [-0.39, 0.29) is 22.6 Å². The molecule has 4 aromatic rings. The Bertz CT molecular complexity index is 1510. The summed E-state index contributed by atoms with van der Waals surface area (Å²) in [5, 5.41) is 23.3. The van der Waals surface area contributed by atoms with Crippen LogP contribution in [0.15, 0.2) is 94.4 Å². The summed E-state index contributed by atoms with van der Waals surface area (Å²) in [5.74, 6) is -3.19. The van der Waals surface area contributed by atoms with Crippen molar-refractivity contribution >= 4 is 56.4 Å². The van der Waals surface area contributed by atoms with Crippen molar-refractivity contribution in [2.45, 2.75) is 6.04 Å². The van der Waals surface area contributed by atoms with Gasteiger partial charge in [0.1, 0.15) is 10.8 Å². The average Bonchev–Trinajstić information content (AvgIpc) is 3.51. The highest BCUT2D eigenvalue weighted by Gasteiger charge is 2.47. The van der Waals surface area contributed by atoms with Gasteiger partial charge in [0.25, 0.3) is 11.7 Å². The second-order valence-corrected chi connectivity index (χ2v) is 9.80. The van der Waals surface area contributed by atoms with E-state index in [0.717, 1.165) is 15.0 Å². The molecule has 1 aliphatic heterocycles. The maximum Gasteiger partial charge on any atom is 0.335 e. The van der Waals surface area contributed by atoms with Gasteiger partial charge in [-0.3, -0.25) is 14.5 Å². The number of benzene rings is 3.